The van der Waals surface area contributed by atoms with E-state index in [1.807, 2.05) is 0 Å². The largest absolute Gasteiger partial charge is 0.230 e. The van der Waals surface area contributed by atoms with Gasteiger partial charge in [-0.15, -0.1) is 11.3 Å². The third-order valence-electron chi connectivity index (χ3n) is 2.25. The Labute approximate surface area is 98.9 Å². The van der Waals surface area contributed by atoms with Crippen LogP contribution < -0.4 is 0 Å². The summed E-state index contributed by atoms with van der Waals surface area (Å²) in [5, 5.41) is 2.60. The quantitative estimate of drug-likeness (QED) is 0.571. The van der Waals surface area contributed by atoms with Crippen molar-refractivity contribution in [1.82, 2.24) is 4.98 Å². The lowest BCUT2D eigenvalue weighted by Gasteiger charge is -1.96. The van der Waals surface area contributed by atoms with Gasteiger partial charge in [-0.1, -0.05) is 30.3 Å². The molecule has 14 heavy (non-hydrogen) atoms. The highest BCUT2D eigenvalue weighted by Crippen LogP contribution is 2.30. The van der Waals surface area contributed by atoms with E-state index in [9.17, 15) is 0 Å². The van der Waals surface area contributed by atoms with E-state index in [1.54, 1.807) is 11.3 Å². The Morgan fingerprint density at radius 1 is 1.07 bits per heavy atom. The van der Waals surface area contributed by atoms with Crippen LogP contribution >= 0.6 is 33.9 Å². The number of fused-ring (bicyclic) bond motifs is 3. The van der Waals surface area contributed by atoms with Crippen LogP contribution in [0.3, 0.4) is 0 Å². The predicted octanol–water partition coefficient (Wildman–Crippen LogP) is 4.05. The van der Waals surface area contributed by atoms with Crippen LogP contribution in [0.1, 0.15) is 0 Å². The van der Waals surface area contributed by atoms with Crippen LogP contribution in [0.4, 0.5) is 0 Å². The first-order valence-electron chi connectivity index (χ1n) is 4.28. The van der Waals surface area contributed by atoms with Gasteiger partial charge in [-0.25, -0.2) is 4.98 Å². The molecule has 0 bridgehead atoms. The highest BCUT2D eigenvalue weighted by Gasteiger charge is 2.04. The average molecular weight is 311 g/mol. The van der Waals surface area contributed by atoms with Crippen molar-refractivity contribution in [3.8, 4) is 0 Å². The number of benzene rings is 2. The Bertz CT molecular complexity index is 615. The van der Waals surface area contributed by atoms with Gasteiger partial charge in [-0.3, -0.25) is 0 Å². The molecular weight excluding hydrogens is 305 g/mol. The number of thiazole rings is 1. The van der Waals surface area contributed by atoms with Crippen molar-refractivity contribution in [3.63, 3.8) is 0 Å². The van der Waals surface area contributed by atoms with Crippen LogP contribution in [0, 0.1) is 3.01 Å². The standard InChI is InChI=1S/C11H6INS/c12-11-13-9-6-5-7-3-1-2-4-8(7)10(9)14-11/h1-6H. The summed E-state index contributed by atoms with van der Waals surface area (Å²) in [7, 11) is 0. The smallest absolute Gasteiger partial charge is 0.155 e. The van der Waals surface area contributed by atoms with Gasteiger partial charge >= 0.3 is 0 Å². The summed E-state index contributed by atoms with van der Waals surface area (Å²) in [5.74, 6) is 0. The van der Waals surface area contributed by atoms with Crippen molar-refractivity contribution in [3.05, 3.63) is 39.4 Å². The van der Waals surface area contributed by atoms with E-state index < -0.39 is 0 Å². The minimum atomic E-state index is 1.11. The molecule has 1 nitrogen and oxygen atoms in total. The number of halogens is 1. The van der Waals surface area contributed by atoms with Gasteiger partial charge in [-0.2, -0.15) is 0 Å². The Morgan fingerprint density at radius 2 is 1.93 bits per heavy atom. The summed E-state index contributed by atoms with van der Waals surface area (Å²) in [6.45, 7) is 0. The zero-order chi connectivity index (χ0) is 9.54. The molecule has 0 atom stereocenters. The topological polar surface area (TPSA) is 12.9 Å². The first-order chi connectivity index (χ1) is 6.84. The number of nitrogens with zero attached hydrogens (tertiary/aromatic N) is 1. The monoisotopic (exact) mass is 311 g/mol. The third-order valence-corrected chi connectivity index (χ3v) is 4.05. The van der Waals surface area contributed by atoms with E-state index in [0.29, 0.717) is 0 Å². The fourth-order valence-corrected chi connectivity index (χ4v) is 3.38. The van der Waals surface area contributed by atoms with Crippen molar-refractivity contribution < 1.29 is 0 Å². The molecule has 0 aliphatic carbocycles. The molecule has 0 aliphatic rings. The molecule has 3 aromatic rings. The normalized spacial score (nSPS) is 11.2. The van der Waals surface area contributed by atoms with Crippen LogP contribution in [0.25, 0.3) is 21.0 Å². The van der Waals surface area contributed by atoms with Gasteiger partial charge in [0.1, 0.15) is 0 Å². The molecule has 0 saturated carbocycles. The van der Waals surface area contributed by atoms with Gasteiger partial charge < -0.3 is 0 Å². The number of rotatable bonds is 0. The summed E-state index contributed by atoms with van der Waals surface area (Å²) in [4.78, 5) is 4.47. The molecule has 1 aromatic heterocycles. The van der Waals surface area contributed by atoms with Gasteiger partial charge in [0.15, 0.2) is 3.01 Å². The van der Waals surface area contributed by atoms with Crippen molar-refractivity contribution in [2.24, 2.45) is 0 Å². The van der Waals surface area contributed by atoms with E-state index >= 15 is 0 Å². The van der Waals surface area contributed by atoms with Crippen molar-refractivity contribution in [2.45, 2.75) is 0 Å². The van der Waals surface area contributed by atoms with Gasteiger partial charge in [0.25, 0.3) is 0 Å². The average Bonchev–Trinajstić information content (AvgIpc) is 2.59. The second-order valence-corrected chi connectivity index (χ2v) is 5.85. The molecule has 2 aromatic carbocycles. The fraction of sp³-hybridized carbons (Fsp3) is 0. The van der Waals surface area contributed by atoms with E-state index in [4.69, 9.17) is 0 Å². The maximum atomic E-state index is 4.47. The minimum Gasteiger partial charge on any atom is -0.230 e. The minimum absolute atomic E-state index is 1.11. The van der Waals surface area contributed by atoms with Crippen molar-refractivity contribution in [2.75, 3.05) is 0 Å². The first kappa shape index (κ1) is 8.61. The molecule has 0 aliphatic heterocycles. The zero-order valence-corrected chi connectivity index (χ0v) is 10.2. The van der Waals surface area contributed by atoms with Gasteiger partial charge in [0.2, 0.25) is 0 Å². The molecule has 0 amide bonds. The van der Waals surface area contributed by atoms with Crippen LogP contribution in [0.2, 0.25) is 0 Å². The third kappa shape index (κ3) is 1.23. The number of hydrogen-bond acceptors (Lipinski definition) is 2. The fourth-order valence-electron chi connectivity index (χ4n) is 1.63. The van der Waals surface area contributed by atoms with Gasteiger partial charge in [0, 0.05) is 5.39 Å². The van der Waals surface area contributed by atoms with Crippen LogP contribution in [0.5, 0.6) is 0 Å². The summed E-state index contributed by atoms with van der Waals surface area (Å²) in [6.07, 6.45) is 0. The summed E-state index contributed by atoms with van der Waals surface area (Å²) in [5.41, 5.74) is 1.11. The molecule has 3 heteroatoms. The second kappa shape index (κ2) is 3.17. The van der Waals surface area contributed by atoms with Crippen LogP contribution in [0.15, 0.2) is 36.4 Å². The summed E-state index contributed by atoms with van der Waals surface area (Å²) in [6, 6.07) is 12.7. The summed E-state index contributed by atoms with van der Waals surface area (Å²) >= 11 is 4.03. The highest BCUT2D eigenvalue weighted by atomic mass is 127. The van der Waals surface area contributed by atoms with Crippen LogP contribution in [-0.2, 0) is 0 Å². The molecule has 3 rings (SSSR count). The Morgan fingerprint density at radius 3 is 2.86 bits per heavy atom. The van der Waals surface area contributed by atoms with E-state index in [0.717, 1.165) is 8.53 Å². The van der Waals surface area contributed by atoms with Gasteiger partial charge in [0.05, 0.1) is 10.2 Å². The van der Waals surface area contributed by atoms with Crippen molar-refractivity contribution in [1.29, 1.82) is 0 Å². The molecule has 0 radical (unpaired) electrons. The SMILES string of the molecule is Ic1nc2ccc3ccccc3c2s1. The first-order valence-corrected chi connectivity index (χ1v) is 6.18. The summed E-state index contributed by atoms with van der Waals surface area (Å²) < 4.78 is 2.40. The van der Waals surface area contributed by atoms with Crippen molar-refractivity contribution >= 4 is 54.9 Å². The Kier molecular flexibility index (Phi) is 1.95. The molecule has 0 N–H and O–H groups in total. The Hall–Kier alpha value is -0.680. The maximum absolute atomic E-state index is 4.47. The predicted molar refractivity (Wildman–Crippen MR) is 69.8 cm³/mol. The lowest BCUT2D eigenvalue weighted by molar-refractivity contribution is 1.45. The molecule has 0 fully saturated rings. The molecule has 0 unspecified atom stereocenters. The zero-order valence-electron chi connectivity index (χ0n) is 7.20. The second-order valence-electron chi connectivity index (χ2n) is 3.10. The highest BCUT2D eigenvalue weighted by molar-refractivity contribution is 14.1. The van der Waals surface area contributed by atoms with E-state index in [-0.39, 0.29) is 0 Å². The lowest BCUT2D eigenvalue weighted by atomic mass is 10.1. The van der Waals surface area contributed by atoms with Crippen LogP contribution in [-0.4, -0.2) is 4.98 Å². The number of aromatic nitrogens is 1. The molecule has 0 spiro atoms. The number of hydrogen-bond donors (Lipinski definition) is 0. The Balaban J connectivity index is 2.60. The van der Waals surface area contributed by atoms with E-state index in [2.05, 4.69) is 64.0 Å². The maximum Gasteiger partial charge on any atom is 0.155 e. The molecule has 68 valence electrons. The lowest BCUT2D eigenvalue weighted by Crippen LogP contribution is -1.72. The van der Waals surface area contributed by atoms with Gasteiger partial charge in [-0.05, 0) is 34.0 Å². The molecule has 1 heterocycles. The van der Waals surface area contributed by atoms with E-state index in [1.165, 1.54) is 15.5 Å². The molecular formula is C11H6INS. The molecule has 0 saturated heterocycles.